The van der Waals surface area contributed by atoms with Crippen molar-refractivity contribution in [3.05, 3.63) is 65.7 Å². The third-order valence-electron chi connectivity index (χ3n) is 3.06. The number of anilines is 1. The number of para-hydroxylation sites is 1. The van der Waals surface area contributed by atoms with Crippen molar-refractivity contribution in [2.75, 3.05) is 11.1 Å². The van der Waals surface area contributed by atoms with Gasteiger partial charge in [-0.1, -0.05) is 42.5 Å². The third kappa shape index (κ3) is 4.37. The highest BCUT2D eigenvalue weighted by Gasteiger charge is 2.10. The zero-order chi connectivity index (χ0) is 15.1. The number of benzene rings is 2. The van der Waals surface area contributed by atoms with Crippen molar-refractivity contribution in [2.24, 2.45) is 0 Å². The van der Waals surface area contributed by atoms with Gasteiger partial charge in [0, 0.05) is 5.25 Å². The monoisotopic (exact) mass is 296 g/mol. The Bertz CT molecular complexity index is 649. The van der Waals surface area contributed by atoms with Gasteiger partial charge in [0.1, 0.15) is 6.07 Å². The Balaban J connectivity index is 1.90. The lowest BCUT2D eigenvalue weighted by molar-refractivity contribution is -0.113. The summed E-state index contributed by atoms with van der Waals surface area (Å²) in [5, 5.41) is 12.0. The Morgan fingerprint density at radius 3 is 2.57 bits per heavy atom. The highest BCUT2D eigenvalue weighted by Crippen LogP contribution is 2.27. The molecule has 0 aliphatic heterocycles. The molecule has 4 heteroatoms. The molecule has 1 atom stereocenters. The minimum Gasteiger partial charge on any atom is -0.324 e. The maximum Gasteiger partial charge on any atom is 0.234 e. The van der Waals surface area contributed by atoms with Crippen molar-refractivity contribution in [1.82, 2.24) is 0 Å². The maximum absolute atomic E-state index is 12.0. The fraction of sp³-hybridized carbons (Fsp3) is 0.176. The van der Waals surface area contributed by atoms with Crippen LogP contribution in [0, 0.1) is 11.3 Å². The summed E-state index contributed by atoms with van der Waals surface area (Å²) in [5.74, 6) is 0.265. The quantitative estimate of drug-likeness (QED) is 0.907. The lowest BCUT2D eigenvalue weighted by Gasteiger charge is -2.12. The van der Waals surface area contributed by atoms with E-state index in [0.717, 1.165) is 0 Å². The molecule has 2 aromatic rings. The van der Waals surface area contributed by atoms with E-state index in [9.17, 15) is 4.79 Å². The van der Waals surface area contributed by atoms with Crippen LogP contribution in [-0.4, -0.2) is 11.7 Å². The Kier molecular flexibility index (Phi) is 5.42. The topological polar surface area (TPSA) is 52.9 Å². The van der Waals surface area contributed by atoms with Gasteiger partial charge in [0.05, 0.1) is 17.0 Å². The second kappa shape index (κ2) is 7.51. The Morgan fingerprint density at radius 2 is 1.86 bits per heavy atom. The van der Waals surface area contributed by atoms with Crippen LogP contribution in [0.25, 0.3) is 0 Å². The molecule has 2 rings (SSSR count). The first-order chi connectivity index (χ1) is 10.2. The van der Waals surface area contributed by atoms with Gasteiger partial charge in [0.2, 0.25) is 5.91 Å². The molecule has 1 amide bonds. The average Bonchev–Trinajstić information content (AvgIpc) is 2.54. The molecule has 0 bridgehead atoms. The smallest absolute Gasteiger partial charge is 0.234 e. The summed E-state index contributed by atoms with van der Waals surface area (Å²) in [6, 6.07) is 19.2. The normalized spacial score (nSPS) is 11.4. The van der Waals surface area contributed by atoms with E-state index in [1.807, 2.05) is 18.2 Å². The van der Waals surface area contributed by atoms with Gasteiger partial charge in [-0.15, -0.1) is 11.8 Å². The van der Waals surface area contributed by atoms with Crippen LogP contribution in [-0.2, 0) is 4.79 Å². The standard InChI is InChI=1S/C17H16N2OS/c1-13(14-7-3-2-4-8-14)21-12-17(20)19-16-10-6-5-9-15(16)11-18/h2-10,13H,12H2,1H3,(H,19,20)/t13-/m0/s1. The number of carbonyl (C=O) groups excluding carboxylic acids is 1. The molecule has 106 valence electrons. The molecule has 0 fully saturated rings. The minimum absolute atomic E-state index is 0.0921. The van der Waals surface area contributed by atoms with Gasteiger partial charge in [0.25, 0.3) is 0 Å². The molecule has 1 N–H and O–H groups in total. The molecule has 0 aliphatic rings. The number of nitrogens with zero attached hydrogens (tertiary/aromatic N) is 1. The first-order valence-electron chi connectivity index (χ1n) is 6.66. The maximum atomic E-state index is 12.0. The number of amides is 1. The number of nitriles is 1. The second-order valence-corrected chi connectivity index (χ2v) is 5.90. The van der Waals surface area contributed by atoms with Crippen molar-refractivity contribution < 1.29 is 4.79 Å². The molecule has 0 aliphatic carbocycles. The molecule has 21 heavy (non-hydrogen) atoms. The molecular formula is C17H16N2OS. The molecule has 0 radical (unpaired) electrons. The van der Waals surface area contributed by atoms with Crippen LogP contribution in [0.2, 0.25) is 0 Å². The van der Waals surface area contributed by atoms with Crippen molar-refractivity contribution >= 4 is 23.4 Å². The first kappa shape index (κ1) is 15.1. The molecule has 0 aromatic heterocycles. The largest absolute Gasteiger partial charge is 0.324 e. The average molecular weight is 296 g/mol. The van der Waals surface area contributed by atoms with Gasteiger partial charge in [-0.25, -0.2) is 0 Å². The van der Waals surface area contributed by atoms with Gasteiger partial charge in [0.15, 0.2) is 0 Å². The summed E-state index contributed by atoms with van der Waals surface area (Å²) in [6.45, 7) is 2.08. The van der Waals surface area contributed by atoms with E-state index in [0.29, 0.717) is 17.0 Å². The van der Waals surface area contributed by atoms with E-state index in [4.69, 9.17) is 5.26 Å². The van der Waals surface area contributed by atoms with Crippen LogP contribution < -0.4 is 5.32 Å². The summed E-state index contributed by atoms with van der Waals surface area (Å²) in [4.78, 5) is 12.0. The lowest BCUT2D eigenvalue weighted by atomic mass is 10.2. The second-order valence-electron chi connectivity index (χ2n) is 4.57. The summed E-state index contributed by atoms with van der Waals surface area (Å²) in [7, 11) is 0. The fourth-order valence-corrected chi connectivity index (χ4v) is 2.72. The van der Waals surface area contributed by atoms with Crippen LogP contribution in [0.4, 0.5) is 5.69 Å². The zero-order valence-corrected chi connectivity index (χ0v) is 12.6. The zero-order valence-electron chi connectivity index (χ0n) is 11.7. The number of thioether (sulfide) groups is 1. The van der Waals surface area contributed by atoms with Gasteiger partial charge >= 0.3 is 0 Å². The van der Waals surface area contributed by atoms with Gasteiger partial charge in [-0.05, 0) is 24.6 Å². The minimum atomic E-state index is -0.0921. The Hall–Kier alpha value is -2.25. The van der Waals surface area contributed by atoms with Crippen LogP contribution in [0.15, 0.2) is 54.6 Å². The molecule has 0 saturated heterocycles. The molecular weight excluding hydrogens is 280 g/mol. The van der Waals surface area contributed by atoms with Crippen molar-refractivity contribution in [3.63, 3.8) is 0 Å². The summed E-state index contributed by atoms with van der Waals surface area (Å²) < 4.78 is 0. The Labute approximate surface area is 129 Å². The number of rotatable bonds is 5. The third-order valence-corrected chi connectivity index (χ3v) is 4.26. The highest BCUT2D eigenvalue weighted by molar-refractivity contribution is 8.00. The molecule has 0 spiro atoms. The van der Waals surface area contributed by atoms with Crippen molar-refractivity contribution in [2.45, 2.75) is 12.2 Å². The summed E-state index contributed by atoms with van der Waals surface area (Å²) in [5.41, 5.74) is 2.25. The van der Waals surface area contributed by atoms with E-state index in [1.165, 1.54) is 5.56 Å². The number of hydrogen-bond donors (Lipinski definition) is 1. The molecule has 0 saturated carbocycles. The van der Waals surface area contributed by atoms with Crippen LogP contribution >= 0.6 is 11.8 Å². The molecule has 3 nitrogen and oxygen atoms in total. The summed E-state index contributed by atoms with van der Waals surface area (Å²) in [6.07, 6.45) is 0. The molecule has 0 unspecified atom stereocenters. The molecule has 0 heterocycles. The lowest BCUT2D eigenvalue weighted by Crippen LogP contribution is -2.15. The van der Waals surface area contributed by atoms with Crippen molar-refractivity contribution in [3.8, 4) is 6.07 Å². The van der Waals surface area contributed by atoms with Crippen LogP contribution in [0.3, 0.4) is 0 Å². The van der Waals surface area contributed by atoms with E-state index in [2.05, 4.69) is 30.4 Å². The van der Waals surface area contributed by atoms with Gasteiger partial charge < -0.3 is 5.32 Å². The van der Waals surface area contributed by atoms with E-state index >= 15 is 0 Å². The van der Waals surface area contributed by atoms with E-state index in [-0.39, 0.29) is 11.2 Å². The van der Waals surface area contributed by atoms with E-state index < -0.39 is 0 Å². The number of hydrogen-bond acceptors (Lipinski definition) is 3. The van der Waals surface area contributed by atoms with Gasteiger partial charge in [-0.2, -0.15) is 5.26 Å². The van der Waals surface area contributed by atoms with E-state index in [1.54, 1.807) is 36.0 Å². The van der Waals surface area contributed by atoms with Gasteiger partial charge in [-0.3, -0.25) is 4.79 Å². The number of carbonyl (C=O) groups is 1. The number of nitrogens with one attached hydrogen (secondary N) is 1. The Morgan fingerprint density at radius 1 is 1.19 bits per heavy atom. The van der Waals surface area contributed by atoms with Crippen molar-refractivity contribution in [1.29, 1.82) is 5.26 Å². The predicted octanol–water partition coefficient (Wildman–Crippen LogP) is 3.99. The fourth-order valence-electron chi connectivity index (χ4n) is 1.90. The SMILES string of the molecule is C[C@H](SCC(=O)Nc1ccccc1C#N)c1ccccc1. The predicted molar refractivity (Wildman–Crippen MR) is 87.1 cm³/mol. The highest BCUT2D eigenvalue weighted by atomic mass is 32.2. The molecule has 2 aromatic carbocycles. The van der Waals surface area contributed by atoms with Crippen LogP contribution in [0.1, 0.15) is 23.3 Å². The summed E-state index contributed by atoms with van der Waals surface area (Å²) >= 11 is 1.58. The first-order valence-corrected chi connectivity index (χ1v) is 7.71. The van der Waals surface area contributed by atoms with Crippen LogP contribution in [0.5, 0.6) is 0 Å².